The molecule has 33 heavy (non-hydrogen) atoms. The van der Waals surface area contributed by atoms with Crippen molar-refractivity contribution in [3.05, 3.63) is 59.7 Å². The molecule has 0 atom stereocenters. The SMILES string of the molecule is Cc1ccnc(Nc2cc(NCCNC(=O)c3ccc(OC4CCCC4)nc3)nc(C)n2)c1. The van der Waals surface area contributed by atoms with Gasteiger partial charge in [-0.2, -0.15) is 0 Å². The first-order chi connectivity index (χ1) is 16.0. The lowest BCUT2D eigenvalue weighted by Gasteiger charge is -2.12. The number of aryl methyl sites for hydroxylation is 2. The van der Waals surface area contributed by atoms with Crippen LogP contribution >= 0.6 is 0 Å². The first-order valence-corrected chi connectivity index (χ1v) is 11.3. The van der Waals surface area contributed by atoms with Crippen LogP contribution in [0.25, 0.3) is 0 Å². The molecule has 9 nitrogen and oxygen atoms in total. The van der Waals surface area contributed by atoms with Gasteiger partial charge >= 0.3 is 0 Å². The first kappa shape index (κ1) is 22.4. The van der Waals surface area contributed by atoms with Gasteiger partial charge in [-0.15, -0.1) is 0 Å². The zero-order chi connectivity index (χ0) is 23.0. The van der Waals surface area contributed by atoms with E-state index < -0.39 is 0 Å². The number of anilines is 3. The number of ether oxygens (including phenoxy) is 1. The van der Waals surface area contributed by atoms with Crippen LogP contribution in [0.3, 0.4) is 0 Å². The summed E-state index contributed by atoms with van der Waals surface area (Å²) in [6, 6.07) is 9.19. The summed E-state index contributed by atoms with van der Waals surface area (Å²) in [4.78, 5) is 29.8. The molecule has 172 valence electrons. The van der Waals surface area contributed by atoms with Crippen LogP contribution in [0.5, 0.6) is 5.88 Å². The van der Waals surface area contributed by atoms with Crippen molar-refractivity contribution in [2.24, 2.45) is 0 Å². The highest BCUT2D eigenvalue weighted by molar-refractivity contribution is 5.93. The number of rotatable bonds is 9. The van der Waals surface area contributed by atoms with E-state index in [-0.39, 0.29) is 12.0 Å². The summed E-state index contributed by atoms with van der Waals surface area (Å²) in [7, 11) is 0. The molecular formula is C24H29N7O2. The van der Waals surface area contributed by atoms with E-state index in [1.165, 1.54) is 12.8 Å². The summed E-state index contributed by atoms with van der Waals surface area (Å²) in [5.41, 5.74) is 1.61. The van der Waals surface area contributed by atoms with E-state index in [0.29, 0.717) is 42.0 Å². The lowest BCUT2D eigenvalue weighted by atomic mass is 10.2. The largest absolute Gasteiger partial charge is 0.474 e. The van der Waals surface area contributed by atoms with Gasteiger partial charge in [0.15, 0.2) is 0 Å². The standard InChI is InChI=1S/C24H29N7O2/c1-16-9-10-25-20(13-16)31-22-14-21(29-17(2)30-22)26-11-12-27-24(32)18-7-8-23(28-15-18)33-19-5-3-4-6-19/h7-10,13-15,19H,3-6,11-12H2,1-2H3,(H,27,32)(H2,25,26,29,30,31). The van der Waals surface area contributed by atoms with Gasteiger partial charge in [-0.3, -0.25) is 4.79 Å². The summed E-state index contributed by atoms with van der Waals surface area (Å²) in [5.74, 6) is 3.07. The van der Waals surface area contributed by atoms with E-state index in [0.717, 1.165) is 24.2 Å². The van der Waals surface area contributed by atoms with Crippen LogP contribution in [-0.2, 0) is 0 Å². The summed E-state index contributed by atoms with van der Waals surface area (Å²) in [5, 5.41) is 9.30. The topological polar surface area (TPSA) is 114 Å². The zero-order valence-corrected chi connectivity index (χ0v) is 19.0. The lowest BCUT2D eigenvalue weighted by Crippen LogP contribution is -2.29. The van der Waals surface area contributed by atoms with Crippen LogP contribution < -0.4 is 20.7 Å². The van der Waals surface area contributed by atoms with Crippen molar-refractivity contribution in [1.29, 1.82) is 0 Å². The van der Waals surface area contributed by atoms with Gasteiger partial charge in [0.2, 0.25) is 5.88 Å². The minimum Gasteiger partial charge on any atom is -0.474 e. The van der Waals surface area contributed by atoms with E-state index in [1.807, 2.05) is 32.0 Å². The molecule has 1 saturated carbocycles. The molecule has 3 aromatic rings. The predicted octanol–water partition coefficient (Wildman–Crippen LogP) is 3.79. The maximum Gasteiger partial charge on any atom is 0.252 e. The Morgan fingerprint density at radius 1 is 1.00 bits per heavy atom. The van der Waals surface area contributed by atoms with Gasteiger partial charge in [0, 0.05) is 37.6 Å². The van der Waals surface area contributed by atoms with Crippen molar-refractivity contribution in [2.75, 3.05) is 23.7 Å². The van der Waals surface area contributed by atoms with Crippen molar-refractivity contribution >= 4 is 23.4 Å². The molecule has 1 amide bonds. The highest BCUT2D eigenvalue weighted by Gasteiger charge is 2.17. The molecule has 1 aliphatic rings. The average Bonchev–Trinajstić information content (AvgIpc) is 3.30. The number of amides is 1. The molecule has 1 fully saturated rings. The van der Waals surface area contributed by atoms with Crippen LogP contribution in [0.4, 0.5) is 17.5 Å². The first-order valence-electron chi connectivity index (χ1n) is 11.3. The number of pyridine rings is 2. The van der Waals surface area contributed by atoms with Gasteiger partial charge < -0.3 is 20.7 Å². The van der Waals surface area contributed by atoms with Crippen LogP contribution in [0.15, 0.2) is 42.7 Å². The number of carbonyl (C=O) groups is 1. The van der Waals surface area contributed by atoms with E-state index >= 15 is 0 Å². The maximum absolute atomic E-state index is 12.4. The van der Waals surface area contributed by atoms with Crippen LogP contribution in [-0.4, -0.2) is 45.0 Å². The highest BCUT2D eigenvalue weighted by Crippen LogP contribution is 2.23. The van der Waals surface area contributed by atoms with E-state index in [4.69, 9.17) is 4.74 Å². The molecule has 0 spiro atoms. The Hall–Kier alpha value is -3.75. The second-order valence-electron chi connectivity index (χ2n) is 8.12. The van der Waals surface area contributed by atoms with Gasteiger partial charge in [0.25, 0.3) is 5.91 Å². The minimum absolute atomic E-state index is 0.177. The number of aromatic nitrogens is 4. The molecule has 3 N–H and O–H groups in total. The van der Waals surface area contributed by atoms with Crippen LogP contribution in [0, 0.1) is 13.8 Å². The molecule has 0 radical (unpaired) electrons. The highest BCUT2D eigenvalue weighted by atomic mass is 16.5. The average molecular weight is 448 g/mol. The van der Waals surface area contributed by atoms with Gasteiger partial charge in [0.05, 0.1) is 5.56 Å². The second-order valence-corrected chi connectivity index (χ2v) is 8.12. The van der Waals surface area contributed by atoms with E-state index in [1.54, 1.807) is 24.5 Å². The maximum atomic E-state index is 12.4. The predicted molar refractivity (Wildman–Crippen MR) is 127 cm³/mol. The molecule has 3 aromatic heterocycles. The third kappa shape index (κ3) is 6.61. The number of hydrogen-bond donors (Lipinski definition) is 3. The Morgan fingerprint density at radius 2 is 1.82 bits per heavy atom. The van der Waals surface area contributed by atoms with Gasteiger partial charge in [-0.25, -0.2) is 19.9 Å². The number of hydrogen-bond acceptors (Lipinski definition) is 8. The molecule has 0 bridgehead atoms. The molecule has 4 rings (SSSR count). The monoisotopic (exact) mass is 447 g/mol. The Kier molecular flexibility index (Phi) is 7.29. The van der Waals surface area contributed by atoms with Crippen molar-refractivity contribution in [2.45, 2.75) is 45.6 Å². The van der Waals surface area contributed by atoms with Crippen molar-refractivity contribution in [3.8, 4) is 5.88 Å². The van der Waals surface area contributed by atoms with E-state index in [9.17, 15) is 4.79 Å². The van der Waals surface area contributed by atoms with Gasteiger partial charge in [0.1, 0.15) is 29.4 Å². The Balaban J connectivity index is 1.24. The Bertz CT molecular complexity index is 1080. The quantitative estimate of drug-likeness (QED) is 0.425. The smallest absolute Gasteiger partial charge is 0.252 e. The molecule has 0 unspecified atom stereocenters. The van der Waals surface area contributed by atoms with Gasteiger partial charge in [-0.05, 0) is 63.3 Å². The second kappa shape index (κ2) is 10.7. The van der Waals surface area contributed by atoms with Crippen LogP contribution in [0.1, 0.15) is 47.4 Å². The summed E-state index contributed by atoms with van der Waals surface area (Å²) in [6.07, 6.45) is 8.10. The molecule has 9 heteroatoms. The molecule has 1 aliphatic carbocycles. The fourth-order valence-corrected chi connectivity index (χ4v) is 3.69. The van der Waals surface area contributed by atoms with E-state index in [2.05, 4.69) is 35.9 Å². The normalized spacial score (nSPS) is 13.5. The Labute approximate surface area is 193 Å². The molecule has 0 aromatic carbocycles. The molecule has 0 saturated heterocycles. The Morgan fingerprint density at radius 3 is 2.58 bits per heavy atom. The molecular weight excluding hydrogens is 418 g/mol. The summed E-state index contributed by atoms with van der Waals surface area (Å²) >= 11 is 0. The fourth-order valence-electron chi connectivity index (χ4n) is 3.69. The summed E-state index contributed by atoms with van der Waals surface area (Å²) in [6.45, 7) is 4.79. The van der Waals surface area contributed by atoms with Gasteiger partial charge in [-0.1, -0.05) is 0 Å². The van der Waals surface area contributed by atoms with Crippen LogP contribution in [0.2, 0.25) is 0 Å². The molecule has 0 aliphatic heterocycles. The van der Waals surface area contributed by atoms with Crippen molar-refractivity contribution in [1.82, 2.24) is 25.3 Å². The van der Waals surface area contributed by atoms with Crippen molar-refractivity contribution < 1.29 is 9.53 Å². The number of nitrogens with one attached hydrogen (secondary N) is 3. The minimum atomic E-state index is -0.177. The summed E-state index contributed by atoms with van der Waals surface area (Å²) < 4.78 is 5.85. The van der Waals surface area contributed by atoms with Crippen molar-refractivity contribution in [3.63, 3.8) is 0 Å². The lowest BCUT2D eigenvalue weighted by molar-refractivity contribution is 0.0954. The zero-order valence-electron chi connectivity index (χ0n) is 19.0. The molecule has 3 heterocycles. The third-order valence-corrected chi connectivity index (χ3v) is 5.31. The number of carbonyl (C=O) groups excluding carboxylic acids is 1. The third-order valence-electron chi connectivity index (χ3n) is 5.31. The number of nitrogens with zero attached hydrogens (tertiary/aromatic N) is 4. The fraction of sp³-hybridized carbons (Fsp3) is 0.375.